The summed E-state index contributed by atoms with van der Waals surface area (Å²) in [5.41, 5.74) is 1.37. The molecule has 164 valence electrons. The molecule has 0 saturated carbocycles. The molecule has 1 N–H and O–H groups in total. The molecule has 0 aromatic heterocycles. The van der Waals surface area contributed by atoms with E-state index in [1.165, 1.54) is 37.3 Å². The predicted molar refractivity (Wildman–Crippen MR) is 114 cm³/mol. The molecule has 0 unspecified atom stereocenters. The van der Waals surface area contributed by atoms with Gasteiger partial charge in [-0.2, -0.15) is 0 Å². The van der Waals surface area contributed by atoms with E-state index in [2.05, 4.69) is 4.72 Å². The summed E-state index contributed by atoms with van der Waals surface area (Å²) in [6.45, 7) is 2.98. The Kier molecular flexibility index (Phi) is 8.64. The number of nitrogens with zero attached hydrogens (tertiary/aromatic N) is 1. The van der Waals surface area contributed by atoms with Gasteiger partial charge in [0.25, 0.3) is 5.91 Å². The van der Waals surface area contributed by atoms with Crippen molar-refractivity contribution in [2.24, 2.45) is 0 Å². The molecule has 0 radical (unpaired) electrons. The average Bonchev–Trinajstić information content (AvgIpc) is 2.74. The molecular weight excluding hydrogens is 408 g/mol. The second kappa shape index (κ2) is 11.0. The Balaban J connectivity index is 2.07. The Morgan fingerprint density at radius 3 is 2.40 bits per heavy atom. The van der Waals surface area contributed by atoms with Gasteiger partial charge in [-0.05, 0) is 37.3 Å². The maximum absolute atomic E-state index is 12.8. The first-order valence-electron chi connectivity index (χ1n) is 9.40. The van der Waals surface area contributed by atoms with Crippen LogP contribution in [0, 0.1) is 6.92 Å². The number of nitrogens with one attached hydrogen (secondary N) is 1. The largest absolute Gasteiger partial charge is 0.495 e. The predicted octanol–water partition coefficient (Wildman–Crippen LogP) is 2.08. The van der Waals surface area contributed by atoms with Crippen LogP contribution in [-0.2, 0) is 14.8 Å². The third-order valence-corrected chi connectivity index (χ3v) is 5.84. The molecule has 30 heavy (non-hydrogen) atoms. The monoisotopic (exact) mass is 436 g/mol. The molecule has 0 bridgehead atoms. The number of amides is 1. The van der Waals surface area contributed by atoms with Crippen LogP contribution < -0.4 is 14.2 Å². The number of ether oxygens (including phenoxy) is 3. The minimum Gasteiger partial charge on any atom is -0.495 e. The van der Waals surface area contributed by atoms with E-state index in [0.29, 0.717) is 13.2 Å². The lowest BCUT2D eigenvalue weighted by Crippen LogP contribution is -2.31. The standard InChI is InChI=1S/C21H28N2O6S/c1-16-5-8-18(9-6-16)29-14-12-23(2)21(24)17-7-10-19(28-4)20(15-17)30(25,26)22-11-13-27-3/h5-10,15,22H,11-14H2,1-4H3. The van der Waals surface area contributed by atoms with E-state index in [1.807, 2.05) is 31.2 Å². The fraction of sp³-hybridized carbons (Fsp3) is 0.381. The van der Waals surface area contributed by atoms with Gasteiger partial charge in [0.2, 0.25) is 10.0 Å². The van der Waals surface area contributed by atoms with Crippen molar-refractivity contribution in [2.45, 2.75) is 11.8 Å². The van der Waals surface area contributed by atoms with Gasteiger partial charge < -0.3 is 19.1 Å². The zero-order valence-electron chi connectivity index (χ0n) is 17.7. The number of hydrogen-bond acceptors (Lipinski definition) is 6. The van der Waals surface area contributed by atoms with Crippen LogP contribution in [0.5, 0.6) is 11.5 Å². The lowest BCUT2D eigenvalue weighted by molar-refractivity contribution is 0.0773. The minimum atomic E-state index is -3.86. The summed E-state index contributed by atoms with van der Waals surface area (Å²) >= 11 is 0. The van der Waals surface area contributed by atoms with Gasteiger partial charge in [-0.15, -0.1) is 0 Å². The van der Waals surface area contributed by atoms with Crippen LogP contribution in [0.25, 0.3) is 0 Å². The Bertz CT molecular complexity index is 944. The van der Waals surface area contributed by atoms with E-state index in [1.54, 1.807) is 7.05 Å². The lowest BCUT2D eigenvalue weighted by Gasteiger charge is -2.19. The molecule has 2 aromatic carbocycles. The van der Waals surface area contributed by atoms with E-state index >= 15 is 0 Å². The number of benzene rings is 2. The minimum absolute atomic E-state index is 0.101. The van der Waals surface area contributed by atoms with E-state index < -0.39 is 10.0 Å². The van der Waals surface area contributed by atoms with Crippen LogP contribution in [0.3, 0.4) is 0 Å². The molecule has 8 nitrogen and oxygen atoms in total. The number of hydrogen-bond donors (Lipinski definition) is 1. The fourth-order valence-corrected chi connectivity index (χ4v) is 3.84. The zero-order chi connectivity index (χ0) is 22.1. The summed E-state index contributed by atoms with van der Waals surface area (Å²) in [5, 5.41) is 0. The zero-order valence-corrected chi connectivity index (χ0v) is 18.5. The number of carbonyl (C=O) groups is 1. The second-order valence-corrected chi connectivity index (χ2v) is 8.38. The molecular formula is C21H28N2O6S. The van der Waals surface area contributed by atoms with E-state index in [9.17, 15) is 13.2 Å². The van der Waals surface area contributed by atoms with Gasteiger partial charge in [0.15, 0.2) is 0 Å². The first-order valence-corrected chi connectivity index (χ1v) is 10.9. The quantitative estimate of drug-likeness (QED) is 0.542. The van der Waals surface area contributed by atoms with Crippen molar-refractivity contribution >= 4 is 15.9 Å². The molecule has 0 heterocycles. The van der Waals surface area contributed by atoms with Crippen LogP contribution in [0.2, 0.25) is 0 Å². The average molecular weight is 437 g/mol. The highest BCUT2D eigenvalue weighted by Gasteiger charge is 2.22. The molecule has 0 spiro atoms. The lowest BCUT2D eigenvalue weighted by atomic mass is 10.2. The maximum Gasteiger partial charge on any atom is 0.253 e. The molecule has 1 amide bonds. The maximum atomic E-state index is 12.8. The summed E-state index contributed by atoms with van der Waals surface area (Å²) in [5.74, 6) is 0.557. The summed E-state index contributed by atoms with van der Waals surface area (Å²) < 4.78 is 43.3. The van der Waals surface area contributed by atoms with Gasteiger partial charge in [0.1, 0.15) is 23.0 Å². The van der Waals surface area contributed by atoms with Crippen LogP contribution in [-0.4, -0.2) is 66.8 Å². The molecule has 0 aliphatic carbocycles. The Hall–Kier alpha value is -2.62. The normalized spacial score (nSPS) is 11.2. The molecule has 0 aliphatic heterocycles. The van der Waals surface area contributed by atoms with Gasteiger partial charge in [0, 0.05) is 26.3 Å². The van der Waals surface area contributed by atoms with E-state index in [4.69, 9.17) is 14.2 Å². The number of sulfonamides is 1. The van der Waals surface area contributed by atoms with E-state index in [-0.39, 0.29) is 35.3 Å². The van der Waals surface area contributed by atoms with Crippen molar-refractivity contribution in [3.63, 3.8) is 0 Å². The number of carbonyl (C=O) groups excluding carboxylic acids is 1. The smallest absolute Gasteiger partial charge is 0.253 e. The van der Waals surface area contributed by atoms with Crippen molar-refractivity contribution in [1.29, 1.82) is 0 Å². The van der Waals surface area contributed by atoms with Crippen LogP contribution in [0.15, 0.2) is 47.4 Å². The first kappa shape index (κ1) is 23.7. The number of methoxy groups -OCH3 is 2. The third-order valence-electron chi connectivity index (χ3n) is 4.36. The van der Waals surface area contributed by atoms with Gasteiger partial charge in [0.05, 0.1) is 20.3 Å². The molecule has 9 heteroatoms. The summed E-state index contributed by atoms with van der Waals surface area (Å²) in [7, 11) is 0.624. The van der Waals surface area contributed by atoms with Gasteiger partial charge in [-0.3, -0.25) is 4.79 Å². The van der Waals surface area contributed by atoms with Gasteiger partial charge in [-0.1, -0.05) is 17.7 Å². The molecule has 0 fully saturated rings. The molecule has 0 atom stereocenters. The SMILES string of the molecule is COCCNS(=O)(=O)c1cc(C(=O)N(C)CCOc2ccc(C)cc2)ccc1OC. The molecule has 0 saturated heterocycles. The van der Waals surface area contributed by atoms with Crippen molar-refractivity contribution in [1.82, 2.24) is 9.62 Å². The fourth-order valence-electron chi connectivity index (χ4n) is 2.63. The molecule has 0 aliphatic rings. The topological polar surface area (TPSA) is 94.2 Å². The van der Waals surface area contributed by atoms with Crippen LogP contribution in [0.1, 0.15) is 15.9 Å². The van der Waals surface area contributed by atoms with Crippen molar-refractivity contribution in [3.8, 4) is 11.5 Å². The van der Waals surface area contributed by atoms with Crippen LogP contribution >= 0.6 is 0 Å². The third kappa shape index (κ3) is 6.45. The Morgan fingerprint density at radius 2 is 1.77 bits per heavy atom. The summed E-state index contributed by atoms with van der Waals surface area (Å²) in [6.07, 6.45) is 0. The van der Waals surface area contributed by atoms with Gasteiger partial charge >= 0.3 is 0 Å². The van der Waals surface area contributed by atoms with Crippen molar-refractivity contribution in [2.75, 3.05) is 47.6 Å². The Morgan fingerprint density at radius 1 is 1.07 bits per heavy atom. The van der Waals surface area contributed by atoms with Crippen LogP contribution in [0.4, 0.5) is 0 Å². The highest BCUT2D eigenvalue weighted by molar-refractivity contribution is 7.89. The number of rotatable bonds is 11. The molecule has 2 aromatic rings. The summed E-state index contributed by atoms with van der Waals surface area (Å²) in [4.78, 5) is 14.1. The number of likely N-dealkylation sites (N-methyl/N-ethyl adjacent to an activating group) is 1. The highest BCUT2D eigenvalue weighted by Crippen LogP contribution is 2.25. The number of aryl methyl sites for hydroxylation is 1. The Labute approximate surface area is 177 Å². The molecule has 2 rings (SSSR count). The van der Waals surface area contributed by atoms with Crippen molar-refractivity contribution < 1.29 is 27.4 Å². The van der Waals surface area contributed by atoms with Gasteiger partial charge in [-0.25, -0.2) is 13.1 Å². The second-order valence-electron chi connectivity index (χ2n) is 6.64. The first-order chi connectivity index (χ1) is 14.3. The van der Waals surface area contributed by atoms with Crippen molar-refractivity contribution in [3.05, 3.63) is 53.6 Å². The highest BCUT2D eigenvalue weighted by atomic mass is 32.2. The van der Waals surface area contributed by atoms with E-state index in [0.717, 1.165) is 11.3 Å². The summed E-state index contributed by atoms with van der Waals surface area (Å²) in [6, 6.07) is 12.0.